The summed E-state index contributed by atoms with van der Waals surface area (Å²) in [6.07, 6.45) is 3.22. The number of rotatable bonds is 2. The standard InChI is InChI=1S/C15H13IOS/c16-14-8-11(9-18-14)15(17)13-7-3-5-10-4-1-2-6-12(10)13/h1-2,4,6,8-9,13H,3,5,7H2. The van der Waals surface area contributed by atoms with Crippen molar-refractivity contribution >= 4 is 39.7 Å². The van der Waals surface area contributed by atoms with E-state index < -0.39 is 0 Å². The first-order valence-electron chi connectivity index (χ1n) is 6.12. The second-order valence-electron chi connectivity index (χ2n) is 4.65. The third-order valence-electron chi connectivity index (χ3n) is 3.54. The second-order valence-corrected chi connectivity index (χ2v) is 7.45. The topological polar surface area (TPSA) is 17.1 Å². The van der Waals surface area contributed by atoms with Crippen molar-refractivity contribution in [2.24, 2.45) is 0 Å². The molecule has 1 aliphatic rings. The minimum atomic E-state index is 0.0698. The van der Waals surface area contributed by atoms with Crippen molar-refractivity contribution in [1.82, 2.24) is 0 Å². The van der Waals surface area contributed by atoms with E-state index in [1.807, 2.05) is 17.5 Å². The number of halogens is 1. The Morgan fingerprint density at radius 2 is 2.17 bits per heavy atom. The van der Waals surface area contributed by atoms with Crippen molar-refractivity contribution in [1.29, 1.82) is 0 Å². The Morgan fingerprint density at radius 1 is 1.33 bits per heavy atom. The molecule has 0 amide bonds. The molecule has 0 radical (unpaired) electrons. The average molecular weight is 368 g/mol. The van der Waals surface area contributed by atoms with Gasteiger partial charge in [-0.3, -0.25) is 4.79 Å². The number of hydrogen-bond acceptors (Lipinski definition) is 2. The van der Waals surface area contributed by atoms with E-state index in [-0.39, 0.29) is 5.92 Å². The zero-order chi connectivity index (χ0) is 12.5. The van der Waals surface area contributed by atoms with E-state index >= 15 is 0 Å². The highest BCUT2D eigenvalue weighted by molar-refractivity contribution is 14.1. The Labute approximate surface area is 124 Å². The average Bonchev–Trinajstić information content (AvgIpc) is 2.84. The number of fused-ring (bicyclic) bond motifs is 1. The number of Topliss-reactive ketones (excluding diaryl/α,β-unsaturated/α-hetero) is 1. The Balaban J connectivity index is 1.96. The first-order valence-corrected chi connectivity index (χ1v) is 8.07. The summed E-state index contributed by atoms with van der Waals surface area (Å²) in [5, 5.41) is 1.99. The first-order chi connectivity index (χ1) is 8.75. The van der Waals surface area contributed by atoms with E-state index in [9.17, 15) is 4.79 Å². The molecule has 18 heavy (non-hydrogen) atoms. The van der Waals surface area contributed by atoms with Gasteiger partial charge in [-0.15, -0.1) is 11.3 Å². The van der Waals surface area contributed by atoms with Crippen LogP contribution in [0.15, 0.2) is 35.7 Å². The number of thiophene rings is 1. The maximum Gasteiger partial charge on any atom is 0.171 e. The second kappa shape index (κ2) is 5.13. The molecule has 3 heteroatoms. The van der Waals surface area contributed by atoms with Gasteiger partial charge in [0.25, 0.3) is 0 Å². The summed E-state index contributed by atoms with van der Waals surface area (Å²) in [7, 11) is 0. The number of hydrogen-bond donors (Lipinski definition) is 0. The molecule has 1 nitrogen and oxygen atoms in total. The monoisotopic (exact) mass is 368 g/mol. The molecule has 0 fully saturated rings. The maximum atomic E-state index is 12.6. The van der Waals surface area contributed by atoms with Gasteiger partial charge in [0.05, 0.1) is 2.88 Å². The maximum absolute atomic E-state index is 12.6. The lowest BCUT2D eigenvalue weighted by Gasteiger charge is -2.24. The van der Waals surface area contributed by atoms with E-state index in [2.05, 4.69) is 40.8 Å². The summed E-state index contributed by atoms with van der Waals surface area (Å²) >= 11 is 3.92. The molecule has 1 unspecified atom stereocenters. The Morgan fingerprint density at radius 3 is 2.94 bits per heavy atom. The van der Waals surface area contributed by atoms with E-state index in [0.717, 1.165) is 24.8 Å². The van der Waals surface area contributed by atoms with Crippen LogP contribution in [0.2, 0.25) is 0 Å². The molecular formula is C15H13IOS. The van der Waals surface area contributed by atoms with Crippen molar-refractivity contribution in [2.75, 3.05) is 0 Å². The molecule has 1 aromatic carbocycles. The zero-order valence-electron chi connectivity index (χ0n) is 9.86. The Bertz CT molecular complexity index is 588. The van der Waals surface area contributed by atoms with Gasteiger partial charge < -0.3 is 0 Å². The molecule has 0 bridgehead atoms. The van der Waals surface area contributed by atoms with Crippen LogP contribution < -0.4 is 0 Å². The molecule has 2 aromatic rings. The lowest BCUT2D eigenvalue weighted by Crippen LogP contribution is -2.18. The molecule has 1 aliphatic carbocycles. The molecule has 0 saturated heterocycles. The normalized spacial score (nSPS) is 18.4. The van der Waals surface area contributed by atoms with Crippen LogP contribution in [0.3, 0.4) is 0 Å². The summed E-state index contributed by atoms with van der Waals surface area (Å²) in [6.45, 7) is 0. The smallest absolute Gasteiger partial charge is 0.171 e. The van der Waals surface area contributed by atoms with E-state index in [4.69, 9.17) is 0 Å². The summed E-state index contributed by atoms with van der Waals surface area (Å²) in [6, 6.07) is 10.4. The fourth-order valence-electron chi connectivity index (χ4n) is 2.67. The molecule has 0 spiro atoms. The van der Waals surface area contributed by atoms with Crippen LogP contribution in [-0.4, -0.2) is 5.78 Å². The van der Waals surface area contributed by atoms with Crippen LogP contribution in [0.1, 0.15) is 40.2 Å². The van der Waals surface area contributed by atoms with Gasteiger partial charge in [0.15, 0.2) is 5.78 Å². The number of benzene rings is 1. The molecule has 1 atom stereocenters. The number of carbonyl (C=O) groups is 1. The summed E-state index contributed by atoms with van der Waals surface area (Å²) in [5.41, 5.74) is 3.48. The van der Waals surface area contributed by atoms with Crippen LogP contribution in [-0.2, 0) is 6.42 Å². The molecule has 3 rings (SSSR count). The zero-order valence-corrected chi connectivity index (χ0v) is 12.8. The van der Waals surface area contributed by atoms with Gasteiger partial charge in [-0.25, -0.2) is 0 Å². The predicted molar refractivity (Wildman–Crippen MR) is 83.5 cm³/mol. The minimum Gasteiger partial charge on any atom is -0.293 e. The van der Waals surface area contributed by atoms with Gasteiger partial charge in [-0.2, -0.15) is 0 Å². The van der Waals surface area contributed by atoms with Crippen molar-refractivity contribution < 1.29 is 4.79 Å². The minimum absolute atomic E-state index is 0.0698. The molecule has 0 N–H and O–H groups in total. The first kappa shape index (κ1) is 12.4. The highest BCUT2D eigenvalue weighted by atomic mass is 127. The number of ketones is 1. The van der Waals surface area contributed by atoms with Crippen molar-refractivity contribution in [2.45, 2.75) is 25.2 Å². The van der Waals surface area contributed by atoms with Crippen LogP contribution in [0.4, 0.5) is 0 Å². The highest BCUT2D eigenvalue weighted by Gasteiger charge is 2.27. The van der Waals surface area contributed by atoms with Crippen LogP contribution >= 0.6 is 33.9 Å². The number of carbonyl (C=O) groups excluding carboxylic acids is 1. The SMILES string of the molecule is O=C(c1csc(I)c1)C1CCCc2ccccc21. The highest BCUT2D eigenvalue weighted by Crippen LogP contribution is 2.34. The van der Waals surface area contributed by atoms with E-state index in [0.29, 0.717) is 5.78 Å². The lowest BCUT2D eigenvalue weighted by molar-refractivity contribution is 0.0951. The third kappa shape index (κ3) is 2.26. The molecule has 0 saturated carbocycles. The van der Waals surface area contributed by atoms with Gasteiger partial charge in [-0.1, -0.05) is 24.3 Å². The molecule has 0 aliphatic heterocycles. The van der Waals surface area contributed by atoms with Crippen molar-refractivity contribution in [3.63, 3.8) is 0 Å². The fourth-order valence-corrected chi connectivity index (χ4v) is 4.00. The summed E-state index contributed by atoms with van der Waals surface area (Å²) < 4.78 is 1.18. The Hall–Kier alpha value is -0.680. The van der Waals surface area contributed by atoms with Gasteiger partial charge >= 0.3 is 0 Å². The number of aryl methyl sites for hydroxylation is 1. The lowest BCUT2D eigenvalue weighted by atomic mass is 9.79. The van der Waals surface area contributed by atoms with E-state index in [1.165, 1.54) is 14.0 Å². The summed E-state index contributed by atoms with van der Waals surface area (Å²) in [4.78, 5) is 12.6. The largest absolute Gasteiger partial charge is 0.293 e. The van der Waals surface area contributed by atoms with Crippen LogP contribution in [0, 0.1) is 2.88 Å². The van der Waals surface area contributed by atoms with Crippen molar-refractivity contribution in [3.8, 4) is 0 Å². The van der Waals surface area contributed by atoms with Crippen LogP contribution in [0.5, 0.6) is 0 Å². The Kier molecular flexibility index (Phi) is 3.52. The predicted octanol–water partition coefficient (Wildman–Crippen LogP) is 4.66. The quantitative estimate of drug-likeness (QED) is 0.557. The molecule has 1 heterocycles. The van der Waals surface area contributed by atoms with Gasteiger partial charge in [0.1, 0.15) is 0 Å². The fraction of sp³-hybridized carbons (Fsp3) is 0.267. The molecule has 1 aromatic heterocycles. The summed E-state index contributed by atoms with van der Waals surface area (Å²) in [5.74, 6) is 0.363. The van der Waals surface area contributed by atoms with Crippen LogP contribution in [0.25, 0.3) is 0 Å². The molecule has 92 valence electrons. The van der Waals surface area contributed by atoms with Gasteiger partial charge in [0.2, 0.25) is 0 Å². The van der Waals surface area contributed by atoms with Crippen molar-refractivity contribution in [3.05, 3.63) is 55.3 Å². The van der Waals surface area contributed by atoms with Gasteiger partial charge in [-0.05, 0) is 59.0 Å². The van der Waals surface area contributed by atoms with Gasteiger partial charge in [0, 0.05) is 16.9 Å². The van der Waals surface area contributed by atoms with E-state index in [1.54, 1.807) is 11.3 Å². The molecular weight excluding hydrogens is 355 g/mol. The third-order valence-corrected chi connectivity index (χ3v) is 5.33.